The number of carbonyl (C=O) groups is 1. The van der Waals surface area contributed by atoms with Gasteiger partial charge in [0.15, 0.2) is 5.65 Å². The van der Waals surface area contributed by atoms with E-state index in [9.17, 15) is 14.4 Å². The third-order valence-electron chi connectivity index (χ3n) is 5.14. The molecule has 1 amide bonds. The Morgan fingerprint density at radius 2 is 2.03 bits per heavy atom. The van der Waals surface area contributed by atoms with Gasteiger partial charge in [-0.15, -0.1) is 24.8 Å². The lowest BCUT2D eigenvalue weighted by atomic mass is 10.0. The van der Waals surface area contributed by atoms with E-state index in [4.69, 9.17) is 5.73 Å². The molecule has 1 unspecified atom stereocenters. The van der Waals surface area contributed by atoms with E-state index in [1.165, 1.54) is 4.57 Å². The molecule has 0 aromatic carbocycles. The van der Waals surface area contributed by atoms with Crippen LogP contribution in [-0.4, -0.2) is 45.0 Å². The Bertz CT molecular complexity index is 986. The molecule has 0 aliphatic carbocycles. The molecule has 10 heteroatoms. The molecule has 0 spiro atoms. The normalized spacial score (nSPS) is 16.0. The average molecular weight is 446 g/mol. The van der Waals surface area contributed by atoms with Crippen molar-refractivity contribution < 1.29 is 4.79 Å². The molecule has 0 bridgehead atoms. The van der Waals surface area contributed by atoms with Crippen LogP contribution in [0.2, 0.25) is 0 Å². The summed E-state index contributed by atoms with van der Waals surface area (Å²) in [5.41, 5.74) is 5.97. The molecule has 2 aromatic rings. The van der Waals surface area contributed by atoms with Gasteiger partial charge in [0.05, 0.1) is 10.9 Å². The van der Waals surface area contributed by atoms with Crippen LogP contribution < -0.4 is 17.0 Å². The molecule has 1 aliphatic heterocycles. The summed E-state index contributed by atoms with van der Waals surface area (Å²) in [6.45, 7) is 8.05. The monoisotopic (exact) mass is 445 g/mol. The highest BCUT2D eigenvalue weighted by molar-refractivity contribution is 6.05. The first kappa shape index (κ1) is 25.1. The number of rotatable bonds is 5. The highest BCUT2D eigenvalue weighted by Crippen LogP contribution is 2.24. The SMILES string of the molecule is CCCn1c(=O)[nH]c(=O)c2c(C(=O)N3CCC(CN)C3)cc(C(C)C)nc21.Cl.Cl. The summed E-state index contributed by atoms with van der Waals surface area (Å²) < 4.78 is 1.45. The Labute approximate surface area is 181 Å². The van der Waals surface area contributed by atoms with E-state index in [0.717, 1.165) is 6.42 Å². The number of hydrogen-bond donors (Lipinski definition) is 2. The second kappa shape index (κ2) is 10.2. The van der Waals surface area contributed by atoms with Crippen molar-refractivity contribution >= 4 is 41.8 Å². The molecule has 2 aromatic heterocycles. The molecule has 0 saturated carbocycles. The van der Waals surface area contributed by atoms with E-state index < -0.39 is 11.2 Å². The Morgan fingerprint density at radius 3 is 2.59 bits per heavy atom. The number of aromatic nitrogens is 3. The topological polar surface area (TPSA) is 114 Å². The first-order chi connectivity index (χ1) is 12.9. The van der Waals surface area contributed by atoms with Crippen LogP contribution in [0.3, 0.4) is 0 Å². The van der Waals surface area contributed by atoms with Gasteiger partial charge in [-0.3, -0.25) is 19.1 Å². The number of amides is 1. The lowest BCUT2D eigenvalue weighted by Crippen LogP contribution is -2.35. The molecule has 1 fully saturated rings. The van der Waals surface area contributed by atoms with Crippen molar-refractivity contribution in [1.29, 1.82) is 0 Å². The zero-order valence-corrected chi connectivity index (χ0v) is 18.6. The molecule has 29 heavy (non-hydrogen) atoms. The van der Waals surface area contributed by atoms with Gasteiger partial charge < -0.3 is 10.6 Å². The molecule has 1 atom stereocenters. The third-order valence-corrected chi connectivity index (χ3v) is 5.14. The fourth-order valence-corrected chi connectivity index (χ4v) is 3.57. The number of aryl methyl sites for hydroxylation is 1. The Morgan fingerprint density at radius 1 is 1.34 bits per heavy atom. The van der Waals surface area contributed by atoms with Crippen LogP contribution in [0.4, 0.5) is 0 Å². The largest absolute Gasteiger partial charge is 0.338 e. The summed E-state index contributed by atoms with van der Waals surface area (Å²) in [6, 6.07) is 1.70. The number of aromatic amines is 1. The predicted molar refractivity (Wildman–Crippen MR) is 119 cm³/mol. The van der Waals surface area contributed by atoms with Crippen LogP contribution in [0.1, 0.15) is 55.6 Å². The van der Waals surface area contributed by atoms with Crippen molar-refractivity contribution in [2.45, 2.75) is 46.1 Å². The Balaban J connectivity index is 0.00000210. The van der Waals surface area contributed by atoms with Crippen LogP contribution in [-0.2, 0) is 6.54 Å². The highest BCUT2D eigenvalue weighted by atomic mass is 35.5. The molecule has 1 aliphatic rings. The second-order valence-corrected chi connectivity index (χ2v) is 7.50. The van der Waals surface area contributed by atoms with Gasteiger partial charge in [-0.2, -0.15) is 0 Å². The van der Waals surface area contributed by atoms with Crippen LogP contribution in [0.25, 0.3) is 11.0 Å². The van der Waals surface area contributed by atoms with Gasteiger partial charge in [0.25, 0.3) is 11.5 Å². The van der Waals surface area contributed by atoms with Gasteiger partial charge in [-0.05, 0) is 37.3 Å². The molecule has 3 heterocycles. The highest BCUT2D eigenvalue weighted by Gasteiger charge is 2.29. The molecule has 1 saturated heterocycles. The number of halogens is 2. The Kier molecular flexibility index (Phi) is 8.86. The maximum absolute atomic E-state index is 13.2. The van der Waals surface area contributed by atoms with E-state index in [-0.39, 0.29) is 53.6 Å². The molecular weight excluding hydrogens is 417 g/mol. The smallest absolute Gasteiger partial charge is 0.329 e. The number of carbonyl (C=O) groups excluding carboxylic acids is 1. The van der Waals surface area contributed by atoms with E-state index in [0.29, 0.717) is 43.9 Å². The van der Waals surface area contributed by atoms with E-state index in [2.05, 4.69) is 9.97 Å². The maximum atomic E-state index is 13.2. The number of hydrogen-bond acceptors (Lipinski definition) is 5. The quantitative estimate of drug-likeness (QED) is 0.728. The van der Waals surface area contributed by atoms with E-state index in [1.807, 2.05) is 20.8 Å². The van der Waals surface area contributed by atoms with Gasteiger partial charge in [0.1, 0.15) is 0 Å². The fraction of sp³-hybridized carbons (Fsp3) is 0.579. The molecule has 0 radical (unpaired) electrons. The van der Waals surface area contributed by atoms with Crippen LogP contribution in [0, 0.1) is 5.92 Å². The number of nitrogens with zero attached hydrogens (tertiary/aromatic N) is 3. The first-order valence-corrected chi connectivity index (χ1v) is 9.54. The standard InChI is InChI=1S/C19H27N5O3.2ClH/c1-4-6-24-16-15(17(25)22-19(24)27)13(8-14(21-16)11(2)3)18(26)23-7-5-12(9-20)10-23;;/h8,11-12H,4-7,9-10,20H2,1-3H3,(H,22,25,27);2*1H. The summed E-state index contributed by atoms with van der Waals surface area (Å²) >= 11 is 0. The lowest BCUT2D eigenvalue weighted by Gasteiger charge is -2.19. The van der Waals surface area contributed by atoms with E-state index >= 15 is 0 Å². The van der Waals surface area contributed by atoms with Crippen molar-refractivity contribution in [3.8, 4) is 0 Å². The van der Waals surface area contributed by atoms with Crippen molar-refractivity contribution in [1.82, 2.24) is 19.4 Å². The first-order valence-electron chi connectivity index (χ1n) is 9.54. The van der Waals surface area contributed by atoms with Crippen LogP contribution in [0.15, 0.2) is 15.7 Å². The maximum Gasteiger partial charge on any atom is 0.329 e. The van der Waals surface area contributed by atoms with Gasteiger partial charge in [0.2, 0.25) is 0 Å². The summed E-state index contributed by atoms with van der Waals surface area (Å²) in [5, 5.41) is 0.189. The van der Waals surface area contributed by atoms with Gasteiger partial charge >= 0.3 is 5.69 Å². The zero-order chi connectivity index (χ0) is 19.7. The number of nitrogens with two attached hydrogens (primary N) is 1. The fourth-order valence-electron chi connectivity index (χ4n) is 3.57. The van der Waals surface area contributed by atoms with Crippen LogP contribution in [0.5, 0.6) is 0 Å². The molecule has 3 N–H and O–H groups in total. The van der Waals surface area contributed by atoms with Crippen molar-refractivity contribution in [3.63, 3.8) is 0 Å². The average Bonchev–Trinajstić information content (AvgIpc) is 3.12. The summed E-state index contributed by atoms with van der Waals surface area (Å²) in [6.07, 6.45) is 1.57. The molecular formula is C19H29Cl2N5O3. The van der Waals surface area contributed by atoms with Gasteiger partial charge in [0, 0.05) is 25.3 Å². The predicted octanol–water partition coefficient (Wildman–Crippen LogP) is 1.88. The number of likely N-dealkylation sites (tertiary alicyclic amines) is 1. The van der Waals surface area contributed by atoms with Crippen molar-refractivity contribution in [3.05, 3.63) is 38.2 Å². The lowest BCUT2D eigenvalue weighted by molar-refractivity contribution is 0.0789. The number of H-pyrrole nitrogens is 1. The second-order valence-electron chi connectivity index (χ2n) is 7.50. The van der Waals surface area contributed by atoms with E-state index in [1.54, 1.807) is 11.0 Å². The molecule has 8 nitrogen and oxygen atoms in total. The van der Waals surface area contributed by atoms with Gasteiger partial charge in [-0.25, -0.2) is 9.78 Å². The number of pyridine rings is 1. The van der Waals surface area contributed by atoms with Crippen LogP contribution >= 0.6 is 24.8 Å². The molecule has 3 rings (SSSR count). The van der Waals surface area contributed by atoms with Crippen molar-refractivity contribution in [2.75, 3.05) is 19.6 Å². The zero-order valence-electron chi connectivity index (χ0n) is 16.9. The summed E-state index contributed by atoms with van der Waals surface area (Å²) in [4.78, 5) is 46.8. The van der Waals surface area contributed by atoms with Gasteiger partial charge in [-0.1, -0.05) is 20.8 Å². The summed E-state index contributed by atoms with van der Waals surface area (Å²) in [5.74, 6) is 0.136. The third kappa shape index (κ3) is 4.82. The minimum atomic E-state index is -0.567. The number of nitrogens with one attached hydrogen (secondary N) is 1. The Hall–Kier alpha value is -1.90. The van der Waals surface area contributed by atoms with Crippen molar-refractivity contribution in [2.24, 2.45) is 11.7 Å². The minimum absolute atomic E-state index is 0. The number of fused-ring (bicyclic) bond motifs is 1. The molecule has 162 valence electrons. The minimum Gasteiger partial charge on any atom is -0.338 e. The summed E-state index contributed by atoms with van der Waals surface area (Å²) in [7, 11) is 0.